The van der Waals surface area contributed by atoms with Gasteiger partial charge in [-0.25, -0.2) is 0 Å². The number of ether oxygens (including phenoxy) is 1. The van der Waals surface area contributed by atoms with Crippen molar-refractivity contribution in [3.8, 4) is 6.01 Å². The summed E-state index contributed by atoms with van der Waals surface area (Å²) in [6.07, 6.45) is 9.79. The summed E-state index contributed by atoms with van der Waals surface area (Å²) in [5.74, 6) is 0.107. The number of unbranched alkanes of at least 4 members (excludes halogenated alkanes) is 2. The van der Waals surface area contributed by atoms with E-state index in [0.29, 0.717) is 43.5 Å². The third-order valence-corrected chi connectivity index (χ3v) is 13.1. The molecule has 4 aliphatic rings. The van der Waals surface area contributed by atoms with Crippen LogP contribution in [-0.4, -0.2) is 134 Å². The van der Waals surface area contributed by atoms with Crippen molar-refractivity contribution in [1.29, 1.82) is 0 Å². The number of carbonyl (C=O) groups excluding carboxylic acids is 4. The molecule has 3 fully saturated rings. The van der Waals surface area contributed by atoms with Crippen molar-refractivity contribution < 1.29 is 23.9 Å². The van der Waals surface area contributed by atoms with Crippen LogP contribution in [0.4, 0.5) is 11.6 Å². The number of aromatic nitrogens is 4. The van der Waals surface area contributed by atoms with Crippen LogP contribution in [0.1, 0.15) is 110 Å². The lowest BCUT2D eigenvalue weighted by Gasteiger charge is -2.34. The first kappa shape index (κ1) is 44.2. The maximum Gasteiger partial charge on any atom is 0.322 e. The first-order valence-corrected chi connectivity index (χ1v) is 23.0. The van der Waals surface area contributed by atoms with Crippen LogP contribution in [0.15, 0.2) is 48.7 Å². The van der Waals surface area contributed by atoms with Gasteiger partial charge < -0.3 is 35.0 Å². The Morgan fingerprint density at radius 2 is 1.63 bits per heavy atom. The predicted molar refractivity (Wildman–Crippen MR) is 241 cm³/mol. The Labute approximate surface area is 370 Å². The zero-order valence-corrected chi connectivity index (χ0v) is 37.1. The summed E-state index contributed by atoms with van der Waals surface area (Å²) in [6.45, 7) is 13.4. The number of nitrogens with zero attached hydrogens (tertiary/aromatic N) is 8. The second-order valence-corrected chi connectivity index (χ2v) is 18.0. The fraction of sp³-hybridized carbons (Fsp3) is 0.553. The van der Waals surface area contributed by atoms with E-state index in [0.717, 1.165) is 125 Å². The molecule has 336 valence electrons. The van der Waals surface area contributed by atoms with E-state index in [1.807, 2.05) is 42.6 Å². The van der Waals surface area contributed by atoms with Gasteiger partial charge in [-0.2, -0.15) is 19.6 Å². The maximum absolute atomic E-state index is 13.2. The van der Waals surface area contributed by atoms with Gasteiger partial charge >= 0.3 is 6.01 Å². The van der Waals surface area contributed by atoms with Crippen molar-refractivity contribution in [3.63, 3.8) is 0 Å². The molecule has 0 bridgehead atoms. The molecule has 8 rings (SSSR count). The number of rotatable bonds is 18. The van der Waals surface area contributed by atoms with Crippen LogP contribution in [0, 0.1) is 0 Å². The zero-order valence-electron chi connectivity index (χ0n) is 37.1. The SMILES string of the molecule is CC(C)c1cnn2c(NCc3ccc(NC(=O)CCCCCN4CCN(CCCc5cccc6c5CN(C5CCC(=O)NC5=O)C6=O)CC4)cc3)nc(OC3CCN(C)CC3)nc12. The Hall–Kier alpha value is -5.45. The molecule has 0 spiro atoms. The Morgan fingerprint density at radius 3 is 2.37 bits per heavy atom. The minimum atomic E-state index is -0.590. The van der Waals surface area contributed by atoms with Gasteiger partial charge in [-0.1, -0.05) is 44.5 Å². The highest BCUT2D eigenvalue weighted by atomic mass is 16.5. The topological polar surface area (TPSA) is 170 Å². The molecule has 16 nitrogen and oxygen atoms in total. The quantitative estimate of drug-likeness (QED) is 0.0921. The number of benzene rings is 2. The van der Waals surface area contributed by atoms with Crippen LogP contribution in [-0.2, 0) is 33.9 Å². The average molecular weight is 862 g/mol. The van der Waals surface area contributed by atoms with Gasteiger partial charge in [0.05, 0.1) is 6.20 Å². The number of aryl methyl sites for hydroxylation is 1. The summed E-state index contributed by atoms with van der Waals surface area (Å²) in [7, 11) is 2.13. The summed E-state index contributed by atoms with van der Waals surface area (Å²) in [5, 5.41) is 13.5. The molecule has 4 amide bonds. The van der Waals surface area contributed by atoms with Crippen LogP contribution in [0.5, 0.6) is 6.01 Å². The van der Waals surface area contributed by atoms with Crippen molar-refractivity contribution in [2.45, 2.75) is 109 Å². The summed E-state index contributed by atoms with van der Waals surface area (Å²) in [5.41, 5.74) is 6.51. The number of amides is 4. The molecule has 1 unspecified atom stereocenters. The normalized spacial score (nSPS) is 19.2. The smallest absolute Gasteiger partial charge is 0.322 e. The number of nitrogens with one attached hydrogen (secondary N) is 3. The molecule has 2 aromatic heterocycles. The number of likely N-dealkylation sites (tertiary alicyclic amines) is 1. The Bertz CT molecular complexity index is 2250. The molecule has 6 heterocycles. The van der Waals surface area contributed by atoms with E-state index >= 15 is 0 Å². The average Bonchev–Trinajstić information content (AvgIpc) is 3.86. The van der Waals surface area contributed by atoms with Gasteiger partial charge in [0.25, 0.3) is 5.91 Å². The zero-order chi connectivity index (χ0) is 43.9. The highest BCUT2D eigenvalue weighted by molar-refractivity contribution is 6.05. The van der Waals surface area contributed by atoms with Crippen LogP contribution in [0.2, 0.25) is 0 Å². The number of carbonyl (C=O) groups is 4. The van der Waals surface area contributed by atoms with E-state index in [1.54, 1.807) is 9.42 Å². The first-order chi connectivity index (χ1) is 30.6. The molecule has 4 aromatic rings. The number of piperidine rings is 2. The minimum Gasteiger partial charge on any atom is -0.460 e. The van der Waals surface area contributed by atoms with Crippen LogP contribution < -0.4 is 20.7 Å². The van der Waals surface area contributed by atoms with Gasteiger partial charge in [0.1, 0.15) is 12.1 Å². The predicted octanol–water partition coefficient (Wildman–Crippen LogP) is 4.84. The maximum atomic E-state index is 13.2. The third kappa shape index (κ3) is 11.0. The van der Waals surface area contributed by atoms with Crippen LogP contribution in [0.3, 0.4) is 0 Å². The number of hydrogen-bond donors (Lipinski definition) is 3. The second-order valence-electron chi connectivity index (χ2n) is 18.0. The number of imide groups is 1. The number of hydrogen-bond acceptors (Lipinski definition) is 12. The fourth-order valence-electron chi connectivity index (χ4n) is 9.22. The molecule has 3 N–H and O–H groups in total. The second kappa shape index (κ2) is 20.4. The molecule has 63 heavy (non-hydrogen) atoms. The molecule has 0 radical (unpaired) electrons. The van der Waals surface area contributed by atoms with Crippen molar-refractivity contribution in [2.75, 3.05) is 70.0 Å². The Morgan fingerprint density at radius 1 is 0.889 bits per heavy atom. The van der Waals surface area contributed by atoms with Gasteiger partial charge in [-0.3, -0.25) is 24.5 Å². The fourth-order valence-corrected chi connectivity index (χ4v) is 9.22. The molecule has 4 aliphatic heterocycles. The van der Waals surface area contributed by atoms with Crippen LogP contribution in [0.25, 0.3) is 5.65 Å². The summed E-state index contributed by atoms with van der Waals surface area (Å²) < 4.78 is 8.04. The van der Waals surface area contributed by atoms with Crippen molar-refractivity contribution in [2.24, 2.45) is 0 Å². The molecule has 3 saturated heterocycles. The summed E-state index contributed by atoms with van der Waals surface area (Å²) in [4.78, 5) is 68.6. The molecular weight excluding hydrogens is 799 g/mol. The van der Waals surface area contributed by atoms with Crippen LogP contribution >= 0.6 is 0 Å². The lowest BCUT2D eigenvalue weighted by molar-refractivity contribution is -0.137. The van der Waals surface area contributed by atoms with Gasteiger partial charge in [0.15, 0.2) is 5.65 Å². The van der Waals surface area contributed by atoms with Gasteiger partial charge in [-0.05, 0) is 106 Å². The van der Waals surface area contributed by atoms with Gasteiger partial charge in [0.2, 0.25) is 23.7 Å². The largest absolute Gasteiger partial charge is 0.460 e. The number of piperazine rings is 1. The summed E-state index contributed by atoms with van der Waals surface area (Å²) >= 11 is 0. The minimum absolute atomic E-state index is 0.0355. The standard InChI is InChI=1S/C47H63N11O5/c1-32(2)38-30-49-58-43(38)52-47(63-36-19-23-54(3)24-20-36)53-46(58)48-29-33-13-15-35(16-14-33)50-41(59)12-5-4-6-21-55-25-27-56(28-26-55)22-8-10-34-9-7-11-37-39(34)31-57(45(37)62)40-17-18-42(60)51-44(40)61/h7,9,11,13-16,30,32,36,40H,4-6,8,10,12,17-29,31H2,1-3H3,(H,50,59)(H,48,52,53)(H,51,60,61). The van der Waals surface area contributed by atoms with E-state index < -0.39 is 6.04 Å². The van der Waals surface area contributed by atoms with E-state index in [4.69, 9.17) is 14.7 Å². The van der Waals surface area contributed by atoms with Gasteiger partial charge in [0, 0.05) is 82.0 Å². The van der Waals surface area contributed by atoms with E-state index in [2.05, 4.69) is 62.7 Å². The molecule has 2 aromatic carbocycles. The molecule has 1 atom stereocenters. The highest BCUT2D eigenvalue weighted by Crippen LogP contribution is 2.31. The third-order valence-electron chi connectivity index (χ3n) is 13.1. The van der Waals surface area contributed by atoms with Crippen molar-refractivity contribution in [3.05, 3.63) is 76.5 Å². The highest BCUT2D eigenvalue weighted by Gasteiger charge is 2.39. The monoisotopic (exact) mass is 862 g/mol. The van der Waals surface area contributed by atoms with E-state index in [9.17, 15) is 19.2 Å². The van der Waals surface area contributed by atoms with E-state index in [-0.39, 0.29) is 42.1 Å². The summed E-state index contributed by atoms with van der Waals surface area (Å²) in [6, 6.07) is 13.6. The Kier molecular flexibility index (Phi) is 14.3. The van der Waals surface area contributed by atoms with Crippen molar-refractivity contribution >= 4 is 40.9 Å². The Balaban J connectivity index is 0.707. The van der Waals surface area contributed by atoms with E-state index in [1.165, 1.54) is 5.56 Å². The number of fused-ring (bicyclic) bond motifs is 2. The lowest BCUT2D eigenvalue weighted by Crippen LogP contribution is -2.52. The molecule has 0 aliphatic carbocycles. The molecule has 16 heteroatoms. The van der Waals surface area contributed by atoms with Crippen molar-refractivity contribution in [1.82, 2.24) is 44.5 Å². The van der Waals surface area contributed by atoms with Gasteiger partial charge in [-0.15, -0.1) is 0 Å². The number of anilines is 2. The lowest BCUT2D eigenvalue weighted by atomic mass is 9.99. The molecular formula is C47H63N11O5. The molecule has 0 saturated carbocycles. The first-order valence-electron chi connectivity index (χ1n) is 23.0.